The maximum absolute atomic E-state index is 13.0. The Bertz CT molecular complexity index is 914. The normalized spacial score (nSPS) is 20.6. The molecule has 1 aliphatic carbocycles. The first-order chi connectivity index (χ1) is 16.1. The number of nitrogens with one attached hydrogen (secondary N) is 1. The fourth-order valence-corrected chi connectivity index (χ4v) is 5.28. The summed E-state index contributed by atoms with van der Waals surface area (Å²) >= 11 is 1.75. The molecule has 2 amide bonds. The highest BCUT2D eigenvalue weighted by Crippen LogP contribution is 2.34. The van der Waals surface area contributed by atoms with Crippen molar-refractivity contribution >= 4 is 23.2 Å². The highest BCUT2D eigenvalue weighted by Gasteiger charge is 2.42. The third kappa shape index (κ3) is 6.13. The topological polar surface area (TPSA) is 87.9 Å². The van der Waals surface area contributed by atoms with Crippen molar-refractivity contribution in [3.63, 3.8) is 0 Å². The summed E-state index contributed by atoms with van der Waals surface area (Å²) in [6.07, 6.45) is 3.38. The van der Waals surface area contributed by atoms with E-state index in [4.69, 9.17) is 10.5 Å². The molecule has 2 heterocycles. The van der Waals surface area contributed by atoms with Crippen LogP contribution in [0.4, 0.5) is 0 Å². The molecule has 1 aromatic carbocycles. The van der Waals surface area contributed by atoms with Gasteiger partial charge in [0.05, 0.1) is 7.11 Å². The van der Waals surface area contributed by atoms with Crippen molar-refractivity contribution in [3.05, 3.63) is 52.2 Å². The Morgan fingerprint density at radius 3 is 2.61 bits per heavy atom. The summed E-state index contributed by atoms with van der Waals surface area (Å²) in [6, 6.07) is 12.1. The van der Waals surface area contributed by atoms with Crippen molar-refractivity contribution < 1.29 is 14.3 Å². The van der Waals surface area contributed by atoms with Crippen LogP contribution in [-0.2, 0) is 22.7 Å². The van der Waals surface area contributed by atoms with Gasteiger partial charge in [0.2, 0.25) is 11.8 Å². The van der Waals surface area contributed by atoms with Crippen LogP contribution >= 0.6 is 11.3 Å². The zero-order chi connectivity index (χ0) is 23.2. The van der Waals surface area contributed by atoms with Gasteiger partial charge in [0.15, 0.2) is 0 Å². The van der Waals surface area contributed by atoms with Crippen molar-refractivity contribution in [3.8, 4) is 5.75 Å². The van der Waals surface area contributed by atoms with E-state index >= 15 is 0 Å². The Kier molecular flexibility index (Phi) is 8.01. The molecule has 0 bridgehead atoms. The first-order valence-electron chi connectivity index (χ1n) is 11.8. The van der Waals surface area contributed by atoms with E-state index < -0.39 is 6.04 Å². The minimum absolute atomic E-state index is 0.0836. The number of hydrogen-bond acceptors (Lipinski definition) is 6. The smallest absolute Gasteiger partial charge is 0.242 e. The van der Waals surface area contributed by atoms with E-state index in [0.717, 1.165) is 38.1 Å². The highest BCUT2D eigenvalue weighted by atomic mass is 32.1. The molecule has 2 atom stereocenters. The van der Waals surface area contributed by atoms with Gasteiger partial charge in [-0.25, -0.2) is 0 Å². The quantitative estimate of drug-likeness (QED) is 0.557. The lowest BCUT2D eigenvalue weighted by Gasteiger charge is -2.43. The zero-order valence-corrected chi connectivity index (χ0v) is 20.1. The predicted molar refractivity (Wildman–Crippen MR) is 130 cm³/mol. The predicted octanol–water partition coefficient (Wildman–Crippen LogP) is 2.60. The number of carbonyl (C=O) groups is 2. The number of benzene rings is 1. The molecular weight excluding hydrogens is 436 g/mol. The van der Waals surface area contributed by atoms with E-state index in [1.165, 1.54) is 10.4 Å². The fraction of sp³-hybridized carbons (Fsp3) is 0.520. The lowest BCUT2D eigenvalue weighted by Crippen LogP contribution is -2.57. The van der Waals surface area contributed by atoms with Crippen molar-refractivity contribution in [2.45, 2.75) is 50.9 Å². The fourth-order valence-electron chi connectivity index (χ4n) is 4.55. The molecule has 4 rings (SSSR count). The molecule has 1 saturated carbocycles. The molecule has 0 radical (unpaired) electrons. The number of carbonyl (C=O) groups excluding carboxylic acids is 2. The van der Waals surface area contributed by atoms with Crippen LogP contribution in [0.1, 0.15) is 36.1 Å². The first kappa shape index (κ1) is 23.7. The largest absolute Gasteiger partial charge is 0.497 e. The molecule has 178 valence electrons. The zero-order valence-electron chi connectivity index (χ0n) is 19.2. The van der Waals surface area contributed by atoms with E-state index in [1.807, 2.05) is 17.0 Å². The van der Waals surface area contributed by atoms with Gasteiger partial charge in [0, 0.05) is 49.6 Å². The highest BCUT2D eigenvalue weighted by molar-refractivity contribution is 7.09. The monoisotopic (exact) mass is 470 g/mol. The van der Waals surface area contributed by atoms with E-state index in [9.17, 15) is 9.59 Å². The number of piperidine rings is 1. The number of thiophene rings is 1. The van der Waals surface area contributed by atoms with Gasteiger partial charge in [-0.05, 0) is 54.8 Å². The van der Waals surface area contributed by atoms with Gasteiger partial charge in [-0.1, -0.05) is 18.2 Å². The van der Waals surface area contributed by atoms with E-state index in [0.29, 0.717) is 26.1 Å². The van der Waals surface area contributed by atoms with Gasteiger partial charge in [-0.2, -0.15) is 0 Å². The minimum Gasteiger partial charge on any atom is -0.497 e. The standard InChI is InChI=1S/C25H34N4O3S/c1-32-21-8-4-18(5-9-21)16-28(17-22-3-2-14-33-22)20-10-13-29(25(31)19-6-7-19)23(15-20)24(30)27-12-11-26/h2-5,8-9,14,19-20,23H,6-7,10-13,15-17,26H2,1H3,(H,27,30)/t20?,23-/m1/s1. The maximum Gasteiger partial charge on any atom is 0.242 e. The molecule has 8 heteroatoms. The Morgan fingerprint density at radius 1 is 1.18 bits per heavy atom. The SMILES string of the molecule is COc1ccc(CN(Cc2cccs2)C2CCN(C(=O)C3CC3)[C@@H](C(=O)NCCN)C2)cc1. The van der Waals surface area contributed by atoms with Crippen LogP contribution in [0, 0.1) is 5.92 Å². The third-order valence-corrected chi connectivity index (χ3v) is 7.39. The van der Waals surface area contributed by atoms with Crippen LogP contribution in [0.15, 0.2) is 41.8 Å². The molecule has 2 fully saturated rings. The Balaban J connectivity index is 1.52. The Labute approximate surface area is 199 Å². The number of ether oxygens (including phenoxy) is 1. The number of rotatable bonds is 10. The number of hydrogen-bond donors (Lipinski definition) is 2. The molecule has 7 nitrogen and oxygen atoms in total. The van der Waals surface area contributed by atoms with Crippen molar-refractivity contribution in [1.29, 1.82) is 0 Å². The number of nitrogens with zero attached hydrogens (tertiary/aromatic N) is 2. The van der Waals surface area contributed by atoms with Crippen LogP contribution in [0.25, 0.3) is 0 Å². The van der Waals surface area contributed by atoms with Crippen LogP contribution in [-0.4, -0.2) is 60.4 Å². The van der Waals surface area contributed by atoms with Crippen LogP contribution in [0.5, 0.6) is 5.75 Å². The molecule has 2 aliphatic rings. The second-order valence-corrected chi connectivity index (χ2v) is 9.94. The number of likely N-dealkylation sites (tertiary alicyclic amines) is 1. The summed E-state index contributed by atoms with van der Waals surface area (Å²) in [5.74, 6) is 1.00. The lowest BCUT2D eigenvalue weighted by atomic mass is 9.93. The first-order valence-corrected chi connectivity index (χ1v) is 12.6. The molecule has 3 N–H and O–H groups in total. The summed E-state index contributed by atoms with van der Waals surface area (Å²) in [4.78, 5) is 31.5. The molecule has 33 heavy (non-hydrogen) atoms. The Morgan fingerprint density at radius 2 is 1.97 bits per heavy atom. The van der Waals surface area contributed by atoms with Gasteiger partial charge in [-0.3, -0.25) is 14.5 Å². The van der Waals surface area contributed by atoms with Gasteiger partial charge in [0.25, 0.3) is 0 Å². The number of methoxy groups -OCH3 is 1. The minimum atomic E-state index is -0.440. The maximum atomic E-state index is 13.0. The summed E-state index contributed by atoms with van der Waals surface area (Å²) in [5, 5.41) is 5.02. The van der Waals surface area contributed by atoms with Crippen LogP contribution in [0.3, 0.4) is 0 Å². The molecule has 2 aromatic rings. The van der Waals surface area contributed by atoms with Crippen molar-refractivity contribution in [1.82, 2.24) is 15.1 Å². The van der Waals surface area contributed by atoms with E-state index in [-0.39, 0.29) is 23.8 Å². The van der Waals surface area contributed by atoms with E-state index in [2.05, 4.69) is 39.9 Å². The average Bonchev–Trinajstić information content (AvgIpc) is 3.58. The molecule has 0 spiro atoms. The third-order valence-electron chi connectivity index (χ3n) is 6.53. The summed E-state index contributed by atoms with van der Waals surface area (Å²) < 4.78 is 5.30. The molecule has 1 saturated heterocycles. The average molecular weight is 471 g/mol. The second-order valence-electron chi connectivity index (χ2n) is 8.91. The van der Waals surface area contributed by atoms with Gasteiger partial charge >= 0.3 is 0 Å². The van der Waals surface area contributed by atoms with Gasteiger partial charge in [-0.15, -0.1) is 11.3 Å². The molecular formula is C25H34N4O3S. The Hall–Kier alpha value is -2.42. The van der Waals surface area contributed by atoms with Gasteiger partial charge in [0.1, 0.15) is 11.8 Å². The molecule has 1 aromatic heterocycles. The van der Waals surface area contributed by atoms with Crippen molar-refractivity contribution in [2.24, 2.45) is 11.7 Å². The summed E-state index contributed by atoms with van der Waals surface area (Å²) in [7, 11) is 1.67. The molecule has 1 unspecified atom stereocenters. The van der Waals surface area contributed by atoms with E-state index in [1.54, 1.807) is 18.4 Å². The molecule has 1 aliphatic heterocycles. The van der Waals surface area contributed by atoms with Gasteiger partial charge < -0.3 is 20.7 Å². The van der Waals surface area contributed by atoms with Crippen LogP contribution < -0.4 is 15.8 Å². The summed E-state index contributed by atoms with van der Waals surface area (Å²) in [5.41, 5.74) is 6.81. The number of nitrogens with two attached hydrogens (primary N) is 1. The summed E-state index contributed by atoms with van der Waals surface area (Å²) in [6.45, 7) is 3.03. The second kappa shape index (κ2) is 11.1. The van der Waals surface area contributed by atoms with Crippen LogP contribution in [0.2, 0.25) is 0 Å². The lowest BCUT2D eigenvalue weighted by molar-refractivity contribution is -0.144. The number of amides is 2. The van der Waals surface area contributed by atoms with Crippen molar-refractivity contribution in [2.75, 3.05) is 26.7 Å².